The van der Waals surface area contributed by atoms with Gasteiger partial charge in [0.15, 0.2) is 5.82 Å². The second-order valence-corrected chi connectivity index (χ2v) is 4.10. The predicted molar refractivity (Wildman–Crippen MR) is 70.5 cm³/mol. The van der Waals surface area contributed by atoms with Crippen LogP contribution in [0.1, 0.15) is 21.7 Å². The molecule has 0 aliphatic carbocycles. The average molecular weight is 258 g/mol. The monoisotopic (exact) mass is 258 g/mol. The van der Waals surface area contributed by atoms with Crippen molar-refractivity contribution < 1.29 is 14.6 Å². The van der Waals surface area contributed by atoms with Gasteiger partial charge in [-0.15, -0.1) is 0 Å². The summed E-state index contributed by atoms with van der Waals surface area (Å²) in [4.78, 5) is 19.6. The van der Waals surface area contributed by atoms with Gasteiger partial charge in [-0.1, -0.05) is 12.1 Å². The van der Waals surface area contributed by atoms with E-state index in [1.807, 2.05) is 24.3 Å². The molecule has 0 bridgehead atoms. The number of ether oxygens (including phenoxy) is 1. The third-order valence-electron chi connectivity index (χ3n) is 2.83. The summed E-state index contributed by atoms with van der Waals surface area (Å²) in [6, 6.07) is 7.37. The number of rotatable bonds is 3. The highest BCUT2D eigenvalue weighted by atomic mass is 16.5. The Balaban J connectivity index is 2.62. The summed E-state index contributed by atoms with van der Waals surface area (Å²) < 4.78 is 5.26. The van der Waals surface area contributed by atoms with Gasteiger partial charge in [0, 0.05) is 0 Å². The second kappa shape index (κ2) is 5.06. The molecule has 0 atom stereocenters. The van der Waals surface area contributed by atoms with Gasteiger partial charge in [-0.25, -0.2) is 14.8 Å². The van der Waals surface area contributed by atoms with Crippen molar-refractivity contribution in [2.45, 2.75) is 13.8 Å². The van der Waals surface area contributed by atoms with Crippen LogP contribution in [-0.2, 0) is 0 Å². The van der Waals surface area contributed by atoms with Crippen LogP contribution in [0.4, 0.5) is 0 Å². The predicted octanol–water partition coefficient (Wildman–Crippen LogP) is 2.47. The zero-order chi connectivity index (χ0) is 14.0. The molecule has 19 heavy (non-hydrogen) atoms. The maximum atomic E-state index is 11.1. The van der Waals surface area contributed by atoms with Crippen LogP contribution in [0, 0.1) is 13.8 Å². The number of nitrogens with zero attached hydrogens (tertiary/aromatic N) is 2. The van der Waals surface area contributed by atoms with Crippen LogP contribution in [0.3, 0.4) is 0 Å². The Hall–Kier alpha value is -2.43. The lowest BCUT2D eigenvalue weighted by Gasteiger charge is -2.10. The Bertz CT molecular complexity index is 615. The van der Waals surface area contributed by atoms with E-state index >= 15 is 0 Å². The number of methoxy groups -OCH3 is 1. The molecule has 0 saturated heterocycles. The standard InChI is InChI=1S/C14H14N2O3/c1-8-12(14(17)18)9(2)16-13(15-8)10-6-4-5-7-11(10)19-3/h4-7H,1-3H3,(H,17,18). The van der Waals surface area contributed by atoms with Crippen molar-refractivity contribution >= 4 is 5.97 Å². The highest BCUT2D eigenvalue weighted by molar-refractivity contribution is 5.90. The van der Waals surface area contributed by atoms with Gasteiger partial charge in [-0.05, 0) is 26.0 Å². The third-order valence-corrected chi connectivity index (χ3v) is 2.83. The maximum absolute atomic E-state index is 11.1. The molecule has 0 fully saturated rings. The van der Waals surface area contributed by atoms with E-state index in [9.17, 15) is 4.79 Å². The first-order valence-electron chi connectivity index (χ1n) is 5.76. The Morgan fingerprint density at radius 3 is 2.26 bits per heavy atom. The maximum Gasteiger partial charge on any atom is 0.339 e. The molecule has 0 spiro atoms. The van der Waals surface area contributed by atoms with E-state index in [2.05, 4.69) is 9.97 Å². The van der Waals surface area contributed by atoms with E-state index in [0.29, 0.717) is 23.0 Å². The zero-order valence-corrected chi connectivity index (χ0v) is 11.0. The van der Waals surface area contributed by atoms with Crippen molar-refractivity contribution in [1.82, 2.24) is 9.97 Å². The van der Waals surface area contributed by atoms with E-state index in [4.69, 9.17) is 9.84 Å². The van der Waals surface area contributed by atoms with Gasteiger partial charge in [0.2, 0.25) is 0 Å². The molecular weight excluding hydrogens is 244 g/mol. The van der Waals surface area contributed by atoms with Crippen molar-refractivity contribution in [3.63, 3.8) is 0 Å². The van der Waals surface area contributed by atoms with Gasteiger partial charge in [-0.2, -0.15) is 0 Å². The van der Waals surface area contributed by atoms with Gasteiger partial charge in [-0.3, -0.25) is 0 Å². The second-order valence-electron chi connectivity index (χ2n) is 4.10. The summed E-state index contributed by atoms with van der Waals surface area (Å²) >= 11 is 0. The summed E-state index contributed by atoms with van der Waals surface area (Å²) in [5, 5.41) is 9.10. The summed E-state index contributed by atoms with van der Waals surface area (Å²) in [5.74, 6) is 0.114. The largest absolute Gasteiger partial charge is 0.496 e. The summed E-state index contributed by atoms with van der Waals surface area (Å²) in [5.41, 5.74) is 1.79. The molecule has 98 valence electrons. The first-order valence-corrected chi connectivity index (χ1v) is 5.76. The molecular formula is C14H14N2O3. The fourth-order valence-electron chi connectivity index (χ4n) is 1.98. The molecule has 0 aliphatic rings. The van der Waals surface area contributed by atoms with Crippen LogP contribution in [-0.4, -0.2) is 28.2 Å². The van der Waals surface area contributed by atoms with Crippen LogP contribution in [0.15, 0.2) is 24.3 Å². The number of hydrogen-bond acceptors (Lipinski definition) is 4. The van der Waals surface area contributed by atoms with Gasteiger partial charge < -0.3 is 9.84 Å². The Labute approximate surface area is 110 Å². The molecule has 0 unspecified atom stereocenters. The minimum absolute atomic E-state index is 0.152. The summed E-state index contributed by atoms with van der Waals surface area (Å²) in [6.45, 7) is 3.33. The van der Waals surface area contributed by atoms with Crippen LogP contribution in [0.25, 0.3) is 11.4 Å². The van der Waals surface area contributed by atoms with Gasteiger partial charge >= 0.3 is 5.97 Å². The first-order chi connectivity index (χ1) is 9.04. The van der Waals surface area contributed by atoms with Crippen molar-refractivity contribution in [2.24, 2.45) is 0 Å². The Morgan fingerprint density at radius 1 is 1.16 bits per heavy atom. The van der Waals surface area contributed by atoms with Crippen molar-refractivity contribution in [3.05, 3.63) is 41.2 Å². The van der Waals surface area contributed by atoms with Crippen molar-refractivity contribution in [1.29, 1.82) is 0 Å². The van der Waals surface area contributed by atoms with Crippen LogP contribution in [0.2, 0.25) is 0 Å². The van der Waals surface area contributed by atoms with Crippen LogP contribution >= 0.6 is 0 Å². The molecule has 0 saturated carbocycles. The number of benzene rings is 1. The number of aryl methyl sites for hydroxylation is 2. The number of carboxylic acids is 1. The number of aromatic carboxylic acids is 1. The van der Waals surface area contributed by atoms with Crippen molar-refractivity contribution in [3.8, 4) is 17.1 Å². The minimum atomic E-state index is -1.01. The quantitative estimate of drug-likeness (QED) is 0.915. The molecule has 1 heterocycles. The molecule has 0 radical (unpaired) electrons. The molecule has 1 aromatic carbocycles. The van der Waals surface area contributed by atoms with Crippen LogP contribution < -0.4 is 4.74 Å². The molecule has 5 nitrogen and oxygen atoms in total. The van der Waals surface area contributed by atoms with Crippen LogP contribution in [0.5, 0.6) is 5.75 Å². The molecule has 2 rings (SSSR count). The average Bonchev–Trinajstić information content (AvgIpc) is 2.37. The lowest BCUT2D eigenvalue weighted by atomic mass is 10.1. The lowest BCUT2D eigenvalue weighted by molar-refractivity contribution is 0.0694. The fraction of sp³-hybridized carbons (Fsp3) is 0.214. The molecule has 0 amide bonds. The highest BCUT2D eigenvalue weighted by Crippen LogP contribution is 2.27. The SMILES string of the molecule is COc1ccccc1-c1nc(C)c(C(=O)O)c(C)n1. The van der Waals surface area contributed by atoms with Gasteiger partial charge in [0.05, 0.1) is 24.1 Å². The summed E-state index contributed by atoms with van der Waals surface area (Å²) in [7, 11) is 1.57. The lowest BCUT2D eigenvalue weighted by Crippen LogP contribution is -2.08. The van der Waals surface area contributed by atoms with E-state index in [1.165, 1.54) is 0 Å². The van der Waals surface area contributed by atoms with E-state index in [-0.39, 0.29) is 5.56 Å². The highest BCUT2D eigenvalue weighted by Gasteiger charge is 2.17. The van der Waals surface area contributed by atoms with E-state index in [0.717, 1.165) is 5.56 Å². The molecule has 1 aromatic heterocycles. The van der Waals surface area contributed by atoms with Gasteiger partial charge in [0.1, 0.15) is 11.3 Å². The Morgan fingerprint density at radius 2 is 1.74 bits per heavy atom. The minimum Gasteiger partial charge on any atom is -0.496 e. The molecule has 2 aromatic rings. The molecule has 0 aliphatic heterocycles. The first kappa shape index (κ1) is 13.0. The van der Waals surface area contributed by atoms with Crippen molar-refractivity contribution in [2.75, 3.05) is 7.11 Å². The number of hydrogen-bond donors (Lipinski definition) is 1. The smallest absolute Gasteiger partial charge is 0.339 e. The molecule has 5 heteroatoms. The number of carboxylic acid groups (broad SMARTS) is 1. The van der Waals surface area contributed by atoms with Gasteiger partial charge in [0.25, 0.3) is 0 Å². The fourth-order valence-corrected chi connectivity index (χ4v) is 1.98. The zero-order valence-electron chi connectivity index (χ0n) is 11.0. The molecule has 1 N–H and O–H groups in total. The topological polar surface area (TPSA) is 72.3 Å². The number of aromatic nitrogens is 2. The normalized spacial score (nSPS) is 10.3. The van der Waals surface area contributed by atoms with E-state index in [1.54, 1.807) is 21.0 Å². The summed E-state index contributed by atoms with van der Waals surface area (Å²) in [6.07, 6.45) is 0. The number of para-hydroxylation sites is 1. The Kier molecular flexibility index (Phi) is 3.46. The van der Waals surface area contributed by atoms with E-state index < -0.39 is 5.97 Å². The number of carbonyl (C=O) groups is 1. The third kappa shape index (κ3) is 2.40.